The molecular weight excluding hydrogens is 264 g/mol. The van der Waals surface area contributed by atoms with Crippen molar-refractivity contribution in [1.82, 2.24) is 20.3 Å². The van der Waals surface area contributed by atoms with E-state index >= 15 is 0 Å². The SMILES string of the molecule is c1ccc(-c2cn[nH]c2-c2cc(-c3ccc[nH]3)on2)cc1. The Labute approximate surface area is 120 Å². The number of rotatable bonds is 3. The van der Waals surface area contributed by atoms with Crippen LogP contribution in [0.2, 0.25) is 0 Å². The predicted octanol–water partition coefficient (Wildman–Crippen LogP) is 3.73. The van der Waals surface area contributed by atoms with E-state index in [9.17, 15) is 0 Å². The summed E-state index contributed by atoms with van der Waals surface area (Å²) in [4.78, 5) is 3.10. The van der Waals surface area contributed by atoms with Gasteiger partial charge in [-0.15, -0.1) is 0 Å². The Kier molecular flexibility index (Phi) is 2.67. The molecule has 0 amide bonds. The third-order valence-corrected chi connectivity index (χ3v) is 3.35. The molecule has 0 saturated carbocycles. The van der Waals surface area contributed by atoms with E-state index in [2.05, 4.69) is 20.3 Å². The summed E-state index contributed by atoms with van der Waals surface area (Å²) < 4.78 is 5.39. The number of nitrogens with zero attached hydrogens (tertiary/aromatic N) is 2. The molecule has 2 N–H and O–H groups in total. The Morgan fingerprint density at radius 2 is 1.90 bits per heavy atom. The lowest BCUT2D eigenvalue weighted by Gasteiger charge is -1.99. The lowest BCUT2D eigenvalue weighted by Crippen LogP contribution is -1.82. The first-order valence-corrected chi connectivity index (χ1v) is 6.61. The second-order valence-electron chi connectivity index (χ2n) is 4.68. The van der Waals surface area contributed by atoms with Crippen LogP contribution in [0.4, 0.5) is 0 Å². The summed E-state index contributed by atoms with van der Waals surface area (Å²) in [7, 11) is 0. The highest BCUT2D eigenvalue weighted by Crippen LogP contribution is 2.31. The maximum Gasteiger partial charge on any atom is 0.183 e. The van der Waals surface area contributed by atoms with Gasteiger partial charge in [0, 0.05) is 17.8 Å². The zero-order valence-corrected chi connectivity index (χ0v) is 11.1. The van der Waals surface area contributed by atoms with E-state index in [1.807, 2.05) is 54.7 Å². The maximum atomic E-state index is 5.39. The van der Waals surface area contributed by atoms with Crippen molar-refractivity contribution in [2.24, 2.45) is 0 Å². The van der Waals surface area contributed by atoms with Crippen molar-refractivity contribution >= 4 is 0 Å². The van der Waals surface area contributed by atoms with Crippen LogP contribution in [0.1, 0.15) is 0 Å². The van der Waals surface area contributed by atoms with E-state index in [0.29, 0.717) is 5.76 Å². The van der Waals surface area contributed by atoms with Crippen LogP contribution in [0.3, 0.4) is 0 Å². The molecule has 0 spiro atoms. The van der Waals surface area contributed by atoms with Gasteiger partial charge >= 0.3 is 0 Å². The van der Waals surface area contributed by atoms with Crippen LogP contribution in [0.15, 0.2) is 65.4 Å². The van der Waals surface area contributed by atoms with E-state index < -0.39 is 0 Å². The average Bonchev–Trinajstić information content (AvgIpc) is 3.27. The molecule has 0 aliphatic heterocycles. The molecular formula is C16H12N4O. The number of H-pyrrole nitrogens is 2. The van der Waals surface area contributed by atoms with Crippen LogP contribution in [0.25, 0.3) is 34.0 Å². The molecule has 1 aromatic carbocycles. The molecule has 4 rings (SSSR count). The van der Waals surface area contributed by atoms with E-state index in [1.54, 1.807) is 6.20 Å². The molecule has 0 saturated heterocycles. The minimum atomic E-state index is 0.698. The topological polar surface area (TPSA) is 70.5 Å². The van der Waals surface area contributed by atoms with Gasteiger partial charge in [-0.25, -0.2) is 0 Å². The zero-order chi connectivity index (χ0) is 14.1. The zero-order valence-electron chi connectivity index (χ0n) is 11.1. The number of hydrogen-bond donors (Lipinski definition) is 2. The fourth-order valence-electron chi connectivity index (χ4n) is 2.32. The van der Waals surface area contributed by atoms with Crippen molar-refractivity contribution in [3.8, 4) is 34.0 Å². The van der Waals surface area contributed by atoms with Crippen molar-refractivity contribution in [1.29, 1.82) is 0 Å². The molecule has 0 unspecified atom stereocenters. The summed E-state index contributed by atoms with van der Waals surface area (Å²) in [6, 6.07) is 15.8. The van der Waals surface area contributed by atoms with Crippen LogP contribution in [0, 0.1) is 0 Å². The first kappa shape index (κ1) is 11.7. The van der Waals surface area contributed by atoms with Crippen LogP contribution < -0.4 is 0 Å². The molecule has 3 heterocycles. The molecule has 5 heteroatoms. The van der Waals surface area contributed by atoms with Crippen LogP contribution in [-0.4, -0.2) is 20.3 Å². The standard InChI is InChI=1S/C16H12N4O/c1-2-5-11(6-3-1)12-10-18-19-16(12)14-9-15(21-20-14)13-7-4-8-17-13/h1-10,17H,(H,18,19). The summed E-state index contributed by atoms with van der Waals surface area (Å²) in [6.45, 7) is 0. The van der Waals surface area contributed by atoms with Crippen LogP contribution in [-0.2, 0) is 0 Å². The fourth-order valence-corrected chi connectivity index (χ4v) is 2.32. The van der Waals surface area contributed by atoms with Crippen molar-refractivity contribution < 1.29 is 4.52 Å². The van der Waals surface area contributed by atoms with Gasteiger partial charge < -0.3 is 9.51 Å². The number of hydrogen-bond acceptors (Lipinski definition) is 3. The van der Waals surface area contributed by atoms with Crippen LogP contribution in [0.5, 0.6) is 0 Å². The lowest BCUT2D eigenvalue weighted by molar-refractivity contribution is 0.433. The Hall–Kier alpha value is -3.08. The molecule has 102 valence electrons. The third kappa shape index (κ3) is 2.04. The van der Waals surface area contributed by atoms with Gasteiger partial charge in [-0.3, -0.25) is 5.10 Å². The summed E-state index contributed by atoms with van der Waals surface area (Å²) in [5.74, 6) is 0.698. The lowest BCUT2D eigenvalue weighted by atomic mass is 10.1. The van der Waals surface area contributed by atoms with E-state index in [-0.39, 0.29) is 0 Å². The molecule has 0 bridgehead atoms. The van der Waals surface area contributed by atoms with E-state index in [1.165, 1.54) is 0 Å². The molecule has 0 atom stereocenters. The number of aromatic nitrogens is 4. The Bertz CT molecular complexity index is 843. The molecule has 21 heavy (non-hydrogen) atoms. The molecule has 5 nitrogen and oxygen atoms in total. The first-order chi connectivity index (χ1) is 10.4. The molecule has 4 aromatic rings. The molecule has 0 aliphatic rings. The quantitative estimate of drug-likeness (QED) is 0.599. The van der Waals surface area contributed by atoms with Gasteiger partial charge in [0.25, 0.3) is 0 Å². The smallest absolute Gasteiger partial charge is 0.183 e. The predicted molar refractivity (Wildman–Crippen MR) is 79.3 cm³/mol. The van der Waals surface area contributed by atoms with Crippen LogP contribution >= 0.6 is 0 Å². The van der Waals surface area contributed by atoms with Gasteiger partial charge in [-0.1, -0.05) is 35.5 Å². The number of benzene rings is 1. The van der Waals surface area contributed by atoms with Gasteiger partial charge in [0.1, 0.15) is 5.69 Å². The Morgan fingerprint density at radius 1 is 1.00 bits per heavy atom. The van der Waals surface area contributed by atoms with Crippen molar-refractivity contribution in [2.75, 3.05) is 0 Å². The monoisotopic (exact) mass is 276 g/mol. The van der Waals surface area contributed by atoms with Gasteiger partial charge in [0.05, 0.1) is 17.6 Å². The number of aromatic amines is 2. The van der Waals surface area contributed by atoms with Crippen molar-refractivity contribution in [3.05, 3.63) is 60.9 Å². The Morgan fingerprint density at radius 3 is 2.71 bits per heavy atom. The summed E-state index contributed by atoms with van der Waals surface area (Å²) >= 11 is 0. The highest BCUT2D eigenvalue weighted by atomic mass is 16.5. The summed E-state index contributed by atoms with van der Waals surface area (Å²) in [5.41, 5.74) is 4.57. The number of nitrogens with one attached hydrogen (secondary N) is 2. The highest BCUT2D eigenvalue weighted by Gasteiger charge is 2.15. The second-order valence-corrected chi connectivity index (χ2v) is 4.68. The minimum absolute atomic E-state index is 0.698. The normalized spacial score (nSPS) is 10.9. The van der Waals surface area contributed by atoms with Gasteiger partial charge in [-0.2, -0.15) is 5.10 Å². The second kappa shape index (κ2) is 4.79. The fraction of sp³-hybridized carbons (Fsp3) is 0. The Balaban J connectivity index is 1.77. The first-order valence-electron chi connectivity index (χ1n) is 6.61. The maximum absolute atomic E-state index is 5.39. The molecule has 0 aliphatic carbocycles. The summed E-state index contributed by atoms with van der Waals surface area (Å²) in [5, 5.41) is 11.3. The van der Waals surface area contributed by atoms with Gasteiger partial charge in [-0.05, 0) is 17.7 Å². The minimum Gasteiger partial charge on any atom is -0.359 e. The van der Waals surface area contributed by atoms with E-state index in [4.69, 9.17) is 4.52 Å². The average molecular weight is 276 g/mol. The van der Waals surface area contributed by atoms with Crippen molar-refractivity contribution in [3.63, 3.8) is 0 Å². The largest absolute Gasteiger partial charge is 0.359 e. The molecule has 0 fully saturated rings. The van der Waals surface area contributed by atoms with E-state index in [0.717, 1.165) is 28.2 Å². The van der Waals surface area contributed by atoms with Gasteiger partial charge in [0.15, 0.2) is 5.76 Å². The molecule has 0 radical (unpaired) electrons. The molecule has 3 aromatic heterocycles. The van der Waals surface area contributed by atoms with Crippen molar-refractivity contribution in [2.45, 2.75) is 0 Å². The third-order valence-electron chi connectivity index (χ3n) is 3.35. The van der Waals surface area contributed by atoms with Gasteiger partial charge in [0.2, 0.25) is 0 Å². The highest BCUT2D eigenvalue weighted by molar-refractivity contribution is 5.79. The summed E-state index contributed by atoms with van der Waals surface area (Å²) in [6.07, 6.45) is 3.65.